The summed E-state index contributed by atoms with van der Waals surface area (Å²) in [4.78, 5) is 24.0. The van der Waals surface area contributed by atoms with Gasteiger partial charge in [0.25, 0.3) is 15.9 Å². The Kier molecular flexibility index (Phi) is 7.41. The van der Waals surface area contributed by atoms with Crippen LogP contribution in [-0.2, 0) is 14.8 Å². The molecule has 34 heavy (non-hydrogen) atoms. The van der Waals surface area contributed by atoms with Crippen molar-refractivity contribution in [1.29, 1.82) is 0 Å². The summed E-state index contributed by atoms with van der Waals surface area (Å²) in [5.41, 5.74) is 3.81. The number of anilines is 1. The second-order valence-electron chi connectivity index (χ2n) is 8.57. The van der Waals surface area contributed by atoms with Gasteiger partial charge in [0, 0.05) is 11.3 Å². The van der Waals surface area contributed by atoms with Crippen molar-refractivity contribution in [3.05, 3.63) is 83.4 Å². The fourth-order valence-corrected chi connectivity index (χ4v) is 4.90. The first-order valence-electron chi connectivity index (χ1n) is 10.8. The molecule has 0 saturated carbocycles. The van der Waals surface area contributed by atoms with Gasteiger partial charge in [-0.05, 0) is 72.4 Å². The third kappa shape index (κ3) is 5.82. The number of aryl methyl sites for hydroxylation is 2. The number of hydrogen-bond acceptors (Lipinski definition) is 4. The minimum Gasteiger partial charge on any atom is -0.480 e. The third-order valence-corrected chi connectivity index (χ3v) is 6.97. The first-order chi connectivity index (χ1) is 16.0. The van der Waals surface area contributed by atoms with E-state index >= 15 is 0 Å². The van der Waals surface area contributed by atoms with Crippen molar-refractivity contribution >= 4 is 27.6 Å². The molecule has 178 valence electrons. The highest BCUT2D eigenvalue weighted by molar-refractivity contribution is 7.92. The van der Waals surface area contributed by atoms with Gasteiger partial charge in [0.05, 0.1) is 4.90 Å². The average molecular weight is 481 g/mol. The van der Waals surface area contributed by atoms with Crippen molar-refractivity contribution in [2.24, 2.45) is 5.92 Å². The lowest BCUT2D eigenvalue weighted by Crippen LogP contribution is -2.44. The zero-order valence-corrected chi connectivity index (χ0v) is 20.3. The number of carboxylic acids is 1. The van der Waals surface area contributed by atoms with Crippen LogP contribution in [0.5, 0.6) is 0 Å². The SMILES string of the molecule is Cc1ccc(C)c(S(=O)(=O)Nc2cccc(-c3ccc(C(=O)NC(C(=O)O)C(C)C)cc3)c2)c1. The van der Waals surface area contributed by atoms with Crippen LogP contribution < -0.4 is 10.0 Å². The van der Waals surface area contributed by atoms with Crippen molar-refractivity contribution in [2.75, 3.05) is 4.72 Å². The summed E-state index contributed by atoms with van der Waals surface area (Å²) in [6, 6.07) is 18.0. The largest absolute Gasteiger partial charge is 0.480 e. The minimum atomic E-state index is -3.76. The summed E-state index contributed by atoms with van der Waals surface area (Å²) >= 11 is 0. The van der Waals surface area contributed by atoms with Crippen LogP contribution in [0.1, 0.15) is 35.3 Å². The molecular weight excluding hydrogens is 452 g/mol. The van der Waals surface area contributed by atoms with Crippen LogP contribution in [0.2, 0.25) is 0 Å². The number of aliphatic carboxylic acids is 1. The number of sulfonamides is 1. The number of carbonyl (C=O) groups excluding carboxylic acids is 1. The number of hydrogen-bond donors (Lipinski definition) is 3. The molecule has 0 aliphatic rings. The molecule has 0 aliphatic heterocycles. The lowest BCUT2D eigenvalue weighted by molar-refractivity contribution is -0.140. The zero-order chi connectivity index (χ0) is 25.0. The molecule has 8 heteroatoms. The molecule has 3 aromatic carbocycles. The van der Waals surface area contributed by atoms with Crippen LogP contribution in [0.3, 0.4) is 0 Å². The highest BCUT2D eigenvalue weighted by Gasteiger charge is 2.24. The first kappa shape index (κ1) is 25.0. The standard InChI is InChI=1S/C26H28N2O5S/c1-16(2)24(26(30)31)27-25(29)20-12-10-19(11-13-20)21-6-5-7-22(15-21)28-34(32,33)23-14-17(3)8-9-18(23)4/h5-16,24,28H,1-4H3,(H,27,29)(H,30,31). The lowest BCUT2D eigenvalue weighted by atomic mass is 10.0. The number of carbonyl (C=O) groups is 2. The normalized spacial score (nSPS) is 12.3. The molecular formula is C26H28N2O5S. The van der Waals surface area contributed by atoms with E-state index in [-0.39, 0.29) is 10.8 Å². The summed E-state index contributed by atoms with van der Waals surface area (Å²) in [7, 11) is -3.76. The van der Waals surface area contributed by atoms with Crippen LogP contribution in [0.15, 0.2) is 71.6 Å². The van der Waals surface area contributed by atoms with Crippen LogP contribution in [0, 0.1) is 19.8 Å². The van der Waals surface area contributed by atoms with Crippen molar-refractivity contribution < 1.29 is 23.1 Å². The van der Waals surface area contributed by atoms with Gasteiger partial charge in [0.1, 0.15) is 6.04 Å². The van der Waals surface area contributed by atoms with E-state index in [2.05, 4.69) is 10.0 Å². The average Bonchev–Trinajstić information content (AvgIpc) is 2.78. The quantitative estimate of drug-likeness (QED) is 0.436. The van der Waals surface area contributed by atoms with Crippen LogP contribution in [0.25, 0.3) is 11.1 Å². The molecule has 0 saturated heterocycles. The Morgan fingerprint density at radius 2 is 1.56 bits per heavy atom. The van der Waals surface area contributed by atoms with Gasteiger partial charge in [0.15, 0.2) is 0 Å². The van der Waals surface area contributed by atoms with Crippen LogP contribution in [0.4, 0.5) is 5.69 Å². The number of rotatable bonds is 8. The molecule has 3 aromatic rings. The highest BCUT2D eigenvalue weighted by Crippen LogP contribution is 2.26. The summed E-state index contributed by atoms with van der Waals surface area (Å²) in [5.74, 6) is -1.81. The van der Waals surface area contributed by atoms with Gasteiger partial charge in [-0.2, -0.15) is 0 Å². The Hall–Kier alpha value is -3.65. The maximum atomic E-state index is 12.9. The van der Waals surface area contributed by atoms with E-state index < -0.39 is 27.9 Å². The van der Waals surface area contributed by atoms with E-state index in [0.29, 0.717) is 16.8 Å². The van der Waals surface area contributed by atoms with Crippen molar-refractivity contribution in [3.63, 3.8) is 0 Å². The van der Waals surface area contributed by atoms with Crippen molar-refractivity contribution in [1.82, 2.24) is 5.32 Å². The molecule has 0 fully saturated rings. The second-order valence-corrected chi connectivity index (χ2v) is 10.2. The van der Waals surface area contributed by atoms with Crippen molar-refractivity contribution in [2.45, 2.75) is 38.6 Å². The first-order valence-corrected chi connectivity index (χ1v) is 12.3. The number of carboxylic acid groups (broad SMARTS) is 1. The Morgan fingerprint density at radius 3 is 2.18 bits per heavy atom. The molecule has 7 nitrogen and oxygen atoms in total. The van der Waals surface area contributed by atoms with E-state index in [4.69, 9.17) is 0 Å². The summed E-state index contributed by atoms with van der Waals surface area (Å²) in [5, 5.41) is 11.8. The molecule has 0 heterocycles. The lowest BCUT2D eigenvalue weighted by Gasteiger charge is -2.18. The fourth-order valence-electron chi connectivity index (χ4n) is 3.52. The monoisotopic (exact) mass is 480 g/mol. The van der Waals surface area contributed by atoms with Gasteiger partial charge in [0.2, 0.25) is 0 Å². The predicted octanol–water partition coefficient (Wildman–Crippen LogP) is 4.61. The number of benzene rings is 3. The fraction of sp³-hybridized carbons (Fsp3) is 0.231. The molecule has 1 atom stereocenters. The second kappa shape index (κ2) is 10.1. The topological polar surface area (TPSA) is 113 Å². The minimum absolute atomic E-state index is 0.231. The Bertz CT molecular complexity index is 1320. The van der Waals surface area contributed by atoms with E-state index in [1.54, 1.807) is 75.4 Å². The Morgan fingerprint density at radius 1 is 0.882 bits per heavy atom. The summed E-state index contributed by atoms with van der Waals surface area (Å²) in [6.07, 6.45) is 0. The van der Waals surface area contributed by atoms with Crippen molar-refractivity contribution in [3.8, 4) is 11.1 Å². The van der Waals surface area contributed by atoms with Gasteiger partial charge in [-0.15, -0.1) is 0 Å². The van der Waals surface area contributed by atoms with E-state index in [0.717, 1.165) is 16.7 Å². The van der Waals surface area contributed by atoms with E-state index in [1.807, 2.05) is 19.1 Å². The zero-order valence-electron chi connectivity index (χ0n) is 19.5. The van der Waals surface area contributed by atoms with Gasteiger partial charge < -0.3 is 10.4 Å². The smallest absolute Gasteiger partial charge is 0.326 e. The third-order valence-electron chi connectivity index (χ3n) is 5.45. The maximum absolute atomic E-state index is 12.9. The van der Waals surface area contributed by atoms with E-state index in [1.165, 1.54) is 0 Å². The number of amides is 1. The van der Waals surface area contributed by atoms with Gasteiger partial charge in [-0.1, -0.05) is 50.2 Å². The van der Waals surface area contributed by atoms with Crippen LogP contribution in [-0.4, -0.2) is 31.4 Å². The van der Waals surface area contributed by atoms with Gasteiger partial charge >= 0.3 is 5.97 Å². The molecule has 0 aromatic heterocycles. The molecule has 0 aliphatic carbocycles. The number of nitrogens with one attached hydrogen (secondary N) is 2. The molecule has 0 bridgehead atoms. The van der Waals surface area contributed by atoms with Crippen LogP contribution >= 0.6 is 0 Å². The molecule has 1 unspecified atom stereocenters. The molecule has 3 N–H and O–H groups in total. The highest BCUT2D eigenvalue weighted by atomic mass is 32.2. The van der Waals surface area contributed by atoms with Gasteiger partial charge in [-0.25, -0.2) is 13.2 Å². The molecule has 1 amide bonds. The van der Waals surface area contributed by atoms with Gasteiger partial charge in [-0.3, -0.25) is 9.52 Å². The summed E-state index contributed by atoms with van der Waals surface area (Å²) < 4.78 is 28.5. The summed E-state index contributed by atoms with van der Waals surface area (Å²) in [6.45, 7) is 7.04. The maximum Gasteiger partial charge on any atom is 0.326 e. The molecule has 0 radical (unpaired) electrons. The predicted molar refractivity (Wildman–Crippen MR) is 132 cm³/mol. The Balaban J connectivity index is 1.80. The van der Waals surface area contributed by atoms with E-state index in [9.17, 15) is 23.1 Å². The molecule has 0 spiro atoms. The Labute approximate surface area is 199 Å². The molecule has 3 rings (SSSR count).